The molecule has 1 N–H and O–H groups in total. The van der Waals surface area contributed by atoms with Gasteiger partial charge in [0, 0.05) is 16.4 Å². The van der Waals surface area contributed by atoms with Gasteiger partial charge in [0.2, 0.25) is 0 Å². The number of aryl methyl sites for hydroxylation is 1. The Morgan fingerprint density at radius 1 is 1.24 bits per heavy atom. The van der Waals surface area contributed by atoms with Gasteiger partial charge in [0.05, 0.1) is 27.6 Å². The number of nitrogens with zero attached hydrogens (tertiary/aromatic N) is 3. The minimum Gasteiger partial charge on any atom is -0.380 e. The lowest BCUT2D eigenvalue weighted by Crippen LogP contribution is -2.11. The van der Waals surface area contributed by atoms with Crippen LogP contribution < -0.4 is 0 Å². The monoisotopic (exact) mass is 409 g/mol. The van der Waals surface area contributed by atoms with E-state index in [1.165, 1.54) is 0 Å². The van der Waals surface area contributed by atoms with Gasteiger partial charge in [-0.25, -0.2) is 4.98 Å². The average Bonchev–Trinajstić information content (AvgIpc) is 2.86. The van der Waals surface area contributed by atoms with Crippen LogP contribution in [0.4, 0.5) is 0 Å². The third kappa shape index (κ3) is 2.63. The first-order valence-corrected chi connectivity index (χ1v) is 8.15. The molecule has 0 fully saturated rings. The molecule has 0 aliphatic carbocycles. The molecule has 1 aromatic carbocycles. The van der Waals surface area contributed by atoms with E-state index < -0.39 is 6.10 Å². The number of hydrogen-bond donors (Lipinski definition) is 1. The van der Waals surface area contributed by atoms with Gasteiger partial charge in [0.25, 0.3) is 0 Å². The van der Waals surface area contributed by atoms with Crippen LogP contribution in [0, 0.1) is 0 Å². The molecule has 21 heavy (non-hydrogen) atoms. The molecule has 2 heterocycles. The summed E-state index contributed by atoms with van der Waals surface area (Å²) in [5, 5.41) is 16.0. The molecule has 6 heteroatoms. The number of para-hydroxylation sites is 1. The van der Waals surface area contributed by atoms with Crippen LogP contribution in [0.3, 0.4) is 0 Å². The molecular formula is C15H13Br2N3O. The third-order valence-electron chi connectivity index (χ3n) is 3.36. The molecule has 0 spiro atoms. The molecular weight excluding hydrogens is 398 g/mol. The molecule has 4 nitrogen and oxygen atoms in total. The summed E-state index contributed by atoms with van der Waals surface area (Å²) in [6.45, 7) is 2.67. The second-order valence-electron chi connectivity index (χ2n) is 4.64. The van der Waals surface area contributed by atoms with Crippen molar-refractivity contribution < 1.29 is 5.11 Å². The van der Waals surface area contributed by atoms with E-state index in [1.54, 1.807) is 10.9 Å². The van der Waals surface area contributed by atoms with Crippen LogP contribution in [-0.2, 0) is 6.54 Å². The zero-order chi connectivity index (χ0) is 15.0. The largest absolute Gasteiger partial charge is 0.380 e. The highest BCUT2D eigenvalue weighted by Gasteiger charge is 2.22. The lowest BCUT2D eigenvalue weighted by atomic mass is 10.1. The molecule has 0 amide bonds. The molecule has 108 valence electrons. The van der Waals surface area contributed by atoms with Crippen LogP contribution in [-0.4, -0.2) is 19.9 Å². The number of fused-ring (bicyclic) bond motifs is 1. The Morgan fingerprint density at radius 3 is 2.76 bits per heavy atom. The van der Waals surface area contributed by atoms with E-state index in [9.17, 15) is 5.11 Å². The van der Waals surface area contributed by atoms with Crippen molar-refractivity contribution in [2.45, 2.75) is 19.6 Å². The Labute approximate surface area is 139 Å². The summed E-state index contributed by atoms with van der Waals surface area (Å²) in [5.74, 6) is 0. The van der Waals surface area contributed by atoms with Crippen LogP contribution in [0.5, 0.6) is 0 Å². The fourth-order valence-corrected chi connectivity index (χ4v) is 3.39. The minimum absolute atomic E-state index is 0.588. The summed E-state index contributed by atoms with van der Waals surface area (Å²) in [6.07, 6.45) is 0.845. The van der Waals surface area contributed by atoms with Crippen molar-refractivity contribution in [3.05, 3.63) is 56.9 Å². The first-order valence-electron chi connectivity index (χ1n) is 6.56. The molecule has 3 aromatic rings. The van der Waals surface area contributed by atoms with Crippen molar-refractivity contribution in [1.82, 2.24) is 14.8 Å². The lowest BCUT2D eigenvalue weighted by Gasteiger charge is -2.15. The number of hydrogen-bond acceptors (Lipinski definition) is 3. The number of halogens is 2. The zero-order valence-electron chi connectivity index (χ0n) is 11.3. The Balaban J connectivity index is 2.15. The third-order valence-corrected chi connectivity index (χ3v) is 4.60. The number of pyridine rings is 1. The molecule has 0 saturated carbocycles. The van der Waals surface area contributed by atoms with E-state index in [0.717, 1.165) is 19.8 Å². The van der Waals surface area contributed by atoms with Gasteiger partial charge in [-0.05, 0) is 50.9 Å². The van der Waals surface area contributed by atoms with Crippen LogP contribution in [0.25, 0.3) is 10.9 Å². The number of rotatable bonds is 3. The maximum absolute atomic E-state index is 10.7. The van der Waals surface area contributed by atoms with Crippen molar-refractivity contribution in [3.8, 4) is 0 Å². The van der Waals surface area contributed by atoms with Gasteiger partial charge in [-0.3, -0.25) is 4.68 Å². The smallest absolute Gasteiger partial charge is 0.140 e. The number of aliphatic hydroxyl groups excluding tert-OH is 1. The SMILES string of the molecule is CCn1ncc(Br)c1C(O)c1nc2ccccc2cc1Br. The van der Waals surface area contributed by atoms with E-state index in [1.807, 2.05) is 37.3 Å². The van der Waals surface area contributed by atoms with Gasteiger partial charge in [0.1, 0.15) is 6.10 Å². The van der Waals surface area contributed by atoms with Crippen LogP contribution in [0.2, 0.25) is 0 Å². The molecule has 0 saturated heterocycles. The number of benzene rings is 1. The summed E-state index contributed by atoms with van der Waals surface area (Å²) in [5.41, 5.74) is 2.15. The van der Waals surface area contributed by atoms with Crippen molar-refractivity contribution in [3.63, 3.8) is 0 Å². The lowest BCUT2D eigenvalue weighted by molar-refractivity contribution is 0.202. The normalized spacial score (nSPS) is 12.8. The maximum Gasteiger partial charge on any atom is 0.140 e. The Kier molecular flexibility index (Phi) is 4.10. The van der Waals surface area contributed by atoms with Crippen LogP contribution >= 0.6 is 31.9 Å². The maximum atomic E-state index is 10.7. The topological polar surface area (TPSA) is 50.9 Å². The van der Waals surface area contributed by atoms with Gasteiger partial charge in [-0.1, -0.05) is 18.2 Å². The van der Waals surface area contributed by atoms with E-state index in [-0.39, 0.29) is 0 Å². The molecule has 0 aliphatic heterocycles. The van der Waals surface area contributed by atoms with Gasteiger partial charge in [-0.15, -0.1) is 0 Å². The van der Waals surface area contributed by atoms with Crippen molar-refractivity contribution in [1.29, 1.82) is 0 Å². The van der Waals surface area contributed by atoms with Crippen LogP contribution in [0.15, 0.2) is 45.5 Å². The highest BCUT2D eigenvalue weighted by atomic mass is 79.9. The van der Waals surface area contributed by atoms with Gasteiger partial charge >= 0.3 is 0 Å². The summed E-state index contributed by atoms with van der Waals surface area (Å²) >= 11 is 6.95. The van der Waals surface area contributed by atoms with Crippen molar-refractivity contribution in [2.24, 2.45) is 0 Å². The quantitative estimate of drug-likeness (QED) is 0.708. The molecule has 0 aliphatic rings. The fourth-order valence-electron chi connectivity index (χ4n) is 2.32. The number of aliphatic hydroxyl groups is 1. The predicted molar refractivity (Wildman–Crippen MR) is 89.1 cm³/mol. The summed E-state index contributed by atoms with van der Waals surface area (Å²) in [7, 11) is 0. The summed E-state index contributed by atoms with van der Waals surface area (Å²) < 4.78 is 3.32. The Bertz CT molecular complexity index is 801. The molecule has 3 rings (SSSR count). The van der Waals surface area contributed by atoms with E-state index in [2.05, 4.69) is 41.9 Å². The second-order valence-corrected chi connectivity index (χ2v) is 6.35. The highest BCUT2D eigenvalue weighted by Crippen LogP contribution is 2.33. The Hall–Kier alpha value is -1.24. The standard InChI is InChI=1S/C15H13Br2N3O/c1-2-20-14(11(17)8-18-20)15(21)13-10(16)7-9-5-3-4-6-12(9)19-13/h3-8,15,21H,2H2,1H3. The van der Waals surface area contributed by atoms with E-state index in [4.69, 9.17) is 0 Å². The predicted octanol–water partition coefficient (Wildman–Crippen LogP) is 4.06. The van der Waals surface area contributed by atoms with Gasteiger partial charge in [-0.2, -0.15) is 5.10 Å². The molecule has 0 radical (unpaired) electrons. The fraction of sp³-hybridized carbons (Fsp3) is 0.200. The summed E-state index contributed by atoms with van der Waals surface area (Å²) in [6, 6.07) is 9.81. The number of aromatic nitrogens is 3. The molecule has 1 unspecified atom stereocenters. The van der Waals surface area contributed by atoms with Gasteiger partial charge in [0.15, 0.2) is 0 Å². The Morgan fingerprint density at radius 2 is 2.00 bits per heavy atom. The van der Waals surface area contributed by atoms with Gasteiger partial charge < -0.3 is 5.11 Å². The highest BCUT2D eigenvalue weighted by molar-refractivity contribution is 9.10. The average molecular weight is 411 g/mol. The first-order chi connectivity index (χ1) is 10.1. The second kappa shape index (κ2) is 5.87. The van der Waals surface area contributed by atoms with Crippen molar-refractivity contribution in [2.75, 3.05) is 0 Å². The zero-order valence-corrected chi connectivity index (χ0v) is 14.5. The van der Waals surface area contributed by atoms with E-state index >= 15 is 0 Å². The minimum atomic E-state index is -0.846. The molecule has 0 bridgehead atoms. The first kappa shape index (κ1) is 14.7. The van der Waals surface area contributed by atoms with Crippen molar-refractivity contribution >= 4 is 42.8 Å². The molecule has 1 atom stereocenters. The molecule has 2 aromatic heterocycles. The van der Waals surface area contributed by atoms with Crippen LogP contribution in [0.1, 0.15) is 24.4 Å². The van der Waals surface area contributed by atoms with E-state index in [0.29, 0.717) is 17.9 Å². The summed E-state index contributed by atoms with van der Waals surface area (Å²) in [4.78, 5) is 4.59.